The van der Waals surface area contributed by atoms with Gasteiger partial charge in [0.2, 0.25) is 0 Å². The van der Waals surface area contributed by atoms with Crippen LogP contribution in [0.4, 0.5) is 0 Å². The molecule has 0 N–H and O–H groups in total. The van der Waals surface area contributed by atoms with Gasteiger partial charge < -0.3 is 0 Å². The SMILES string of the molecule is ClCc1ccc(-c2ccc(Cl)s2)cn1. The fourth-order valence-corrected chi connectivity index (χ4v) is 2.31. The lowest BCUT2D eigenvalue weighted by Crippen LogP contribution is -1.83. The van der Waals surface area contributed by atoms with Crippen molar-refractivity contribution in [3.05, 3.63) is 40.5 Å². The molecule has 0 amide bonds. The molecule has 0 unspecified atom stereocenters. The third-order valence-corrected chi connectivity index (χ3v) is 3.37. The van der Waals surface area contributed by atoms with E-state index in [1.165, 1.54) is 0 Å². The average molecular weight is 244 g/mol. The van der Waals surface area contributed by atoms with E-state index in [1.54, 1.807) is 11.3 Å². The van der Waals surface area contributed by atoms with Crippen molar-refractivity contribution in [2.24, 2.45) is 0 Å². The Hall–Kier alpha value is -0.570. The van der Waals surface area contributed by atoms with Gasteiger partial charge in [-0.2, -0.15) is 0 Å². The number of nitrogens with zero attached hydrogens (tertiary/aromatic N) is 1. The van der Waals surface area contributed by atoms with E-state index in [-0.39, 0.29) is 0 Å². The summed E-state index contributed by atoms with van der Waals surface area (Å²) in [5.74, 6) is 0.450. The zero-order valence-electron chi connectivity index (χ0n) is 7.21. The van der Waals surface area contributed by atoms with Gasteiger partial charge in [-0.1, -0.05) is 17.7 Å². The molecular formula is C10H7Cl2NS. The van der Waals surface area contributed by atoms with Gasteiger partial charge in [0.25, 0.3) is 0 Å². The predicted octanol–water partition coefficient (Wildman–Crippen LogP) is 4.20. The van der Waals surface area contributed by atoms with Crippen LogP contribution in [0.15, 0.2) is 30.5 Å². The van der Waals surface area contributed by atoms with Crippen molar-refractivity contribution in [3.8, 4) is 10.4 Å². The summed E-state index contributed by atoms with van der Waals surface area (Å²) in [6.07, 6.45) is 1.82. The number of halogens is 2. The minimum atomic E-state index is 0.450. The third-order valence-electron chi connectivity index (χ3n) is 1.82. The van der Waals surface area contributed by atoms with Crippen molar-refractivity contribution < 1.29 is 0 Å². The van der Waals surface area contributed by atoms with Crippen LogP contribution in [0.1, 0.15) is 5.69 Å². The Bertz CT molecular complexity index is 422. The topological polar surface area (TPSA) is 12.9 Å². The van der Waals surface area contributed by atoms with Gasteiger partial charge in [-0.15, -0.1) is 22.9 Å². The summed E-state index contributed by atoms with van der Waals surface area (Å²) in [4.78, 5) is 5.34. The second-order valence-corrected chi connectivity index (χ2v) is 4.76. The molecule has 2 aromatic rings. The van der Waals surface area contributed by atoms with Gasteiger partial charge in [-0.3, -0.25) is 4.98 Å². The Morgan fingerprint density at radius 2 is 2.07 bits per heavy atom. The molecule has 0 spiro atoms. The molecule has 0 aliphatic rings. The van der Waals surface area contributed by atoms with Crippen molar-refractivity contribution in [2.45, 2.75) is 5.88 Å². The summed E-state index contributed by atoms with van der Waals surface area (Å²) in [5.41, 5.74) is 1.97. The van der Waals surface area contributed by atoms with Crippen molar-refractivity contribution in [2.75, 3.05) is 0 Å². The van der Waals surface area contributed by atoms with Gasteiger partial charge in [-0.25, -0.2) is 0 Å². The highest BCUT2D eigenvalue weighted by Crippen LogP contribution is 2.30. The van der Waals surface area contributed by atoms with E-state index in [9.17, 15) is 0 Å². The Kier molecular flexibility index (Phi) is 3.06. The second kappa shape index (κ2) is 4.30. The largest absolute Gasteiger partial charge is 0.259 e. The van der Waals surface area contributed by atoms with Crippen LogP contribution in [0.25, 0.3) is 10.4 Å². The molecule has 14 heavy (non-hydrogen) atoms. The van der Waals surface area contributed by atoms with Crippen LogP contribution in [0.3, 0.4) is 0 Å². The third kappa shape index (κ3) is 2.08. The van der Waals surface area contributed by atoms with E-state index in [0.717, 1.165) is 20.5 Å². The Morgan fingerprint density at radius 3 is 2.57 bits per heavy atom. The lowest BCUT2D eigenvalue weighted by Gasteiger charge is -1.97. The van der Waals surface area contributed by atoms with E-state index in [4.69, 9.17) is 23.2 Å². The molecule has 72 valence electrons. The first-order valence-electron chi connectivity index (χ1n) is 4.06. The van der Waals surface area contributed by atoms with Crippen molar-refractivity contribution >= 4 is 34.5 Å². The summed E-state index contributed by atoms with van der Waals surface area (Å²) in [5, 5.41) is 0. The molecule has 1 nitrogen and oxygen atoms in total. The number of aromatic nitrogens is 1. The molecule has 0 bridgehead atoms. The second-order valence-electron chi connectivity index (χ2n) is 2.78. The quantitative estimate of drug-likeness (QED) is 0.721. The van der Waals surface area contributed by atoms with E-state index in [0.29, 0.717) is 5.88 Å². The van der Waals surface area contributed by atoms with Gasteiger partial charge >= 0.3 is 0 Å². The standard InChI is InChI=1S/C10H7Cl2NS/c11-5-8-2-1-7(6-13-8)9-3-4-10(12)14-9/h1-4,6H,5H2. The fourth-order valence-electron chi connectivity index (χ4n) is 1.12. The maximum atomic E-state index is 5.85. The highest BCUT2D eigenvalue weighted by Gasteiger charge is 2.01. The molecule has 0 atom stereocenters. The summed E-state index contributed by atoms with van der Waals surface area (Å²) < 4.78 is 0.793. The van der Waals surface area contributed by atoms with Crippen LogP contribution in [0, 0.1) is 0 Å². The van der Waals surface area contributed by atoms with E-state index < -0.39 is 0 Å². The molecule has 0 saturated heterocycles. The number of pyridine rings is 1. The molecule has 2 rings (SSSR count). The van der Waals surface area contributed by atoms with Crippen LogP contribution in [-0.4, -0.2) is 4.98 Å². The minimum absolute atomic E-state index is 0.450. The first kappa shape index (κ1) is 9.97. The maximum Gasteiger partial charge on any atom is 0.0934 e. The summed E-state index contributed by atoms with van der Waals surface area (Å²) >= 11 is 13.0. The van der Waals surface area contributed by atoms with E-state index in [2.05, 4.69) is 4.98 Å². The smallest absolute Gasteiger partial charge is 0.0934 e. The van der Waals surface area contributed by atoms with Crippen LogP contribution in [0.5, 0.6) is 0 Å². The Balaban J connectivity index is 2.33. The minimum Gasteiger partial charge on any atom is -0.259 e. The molecule has 0 aliphatic carbocycles. The van der Waals surface area contributed by atoms with Crippen LogP contribution < -0.4 is 0 Å². The summed E-state index contributed by atoms with van der Waals surface area (Å²) in [6, 6.07) is 7.81. The zero-order valence-corrected chi connectivity index (χ0v) is 9.53. The monoisotopic (exact) mass is 243 g/mol. The lowest BCUT2D eigenvalue weighted by atomic mass is 10.2. The molecule has 2 heterocycles. The molecule has 0 aromatic carbocycles. The molecule has 0 fully saturated rings. The molecule has 0 radical (unpaired) electrons. The van der Waals surface area contributed by atoms with Gasteiger partial charge in [0.05, 0.1) is 15.9 Å². The molecule has 2 aromatic heterocycles. The van der Waals surface area contributed by atoms with Crippen molar-refractivity contribution in [1.82, 2.24) is 4.98 Å². The van der Waals surface area contributed by atoms with Gasteiger partial charge in [0.1, 0.15) is 0 Å². The number of rotatable bonds is 2. The van der Waals surface area contributed by atoms with Crippen LogP contribution >= 0.6 is 34.5 Å². The van der Waals surface area contributed by atoms with Crippen LogP contribution in [-0.2, 0) is 5.88 Å². The first-order valence-corrected chi connectivity index (χ1v) is 5.79. The Morgan fingerprint density at radius 1 is 1.21 bits per heavy atom. The number of hydrogen-bond acceptors (Lipinski definition) is 2. The van der Waals surface area contributed by atoms with Crippen LogP contribution in [0.2, 0.25) is 4.34 Å². The highest BCUT2D eigenvalue weighted by atomic mass is 35.5. The first-order chi connectivity index (χ1) is 6.79. The zero-order chi connectivity index (χ0) is 9.97. The Labute approximate surface area is 96.3 Å². The van der Waals surface area contributed by atoms with Crippen molar-refractivity contribution in [1.29, 1.82) is 0 Å². The molecular weight excluding hydrogens is 237 g/mol. The van der Waals surface area contributed by atoms with Gasteiger partial charge in [0, 0.05) is 16.6 Å². The number of thiophene rings is 1. The average Bonchev–Trinajstić information content (AvgIpc) is 2.65. The molecule has 0 aliphatic heterocycles. The van der Waals surface area contributed by atoms with Crippen molar-refractivity contribution in [3.63, 3.8) is 0 Å². The van der Waals surface area contributed by atoms with Gasteiger partial charge in [0.15, 0.2) is 0 Å². The lowest BCUT2D eigenvalue weighted by molar-refractivity contribution is 1.17. The van der Waals surface area contributed by atoms with Gasteiger partial charge in [-0.05, 0) is 18.2 Å². The molecule has 0 saturated carbocycles. The fraction of sp³-hybridized carbons (Fsp3) is 0.100. The van der Waals surface area contributed by atoms with E-state index in [1.807, 2.05) is 30.5 Å². The van der Waals surface area contributed by atoms with E-state index >= 15 is 0 Å². The maximum absolute atomic E-state index is 5.85. The number of alkyl halides is 1. The predicted molar refractivity (Wildman–Crippen MR) is 62.1 cm³/mol. The highest BCUT2D eigenvalue weighted by molar-refractivity contribution is 7.19. The molecule has 4 heteroatoms. The summed E-state index contributed by atoms with van der Waals surface area (Å²) in [7, 11) is 0. The normalized spacial score (nSPS) is 10.4. The number of hydrogen-bond donors (Lipinski definition) is 0. The summed E-state index contributed by atoms with van der Waals surface area (Å²) in [6.45, 7) is 0.